The van der Waals surface area contributed by atoms with E-state index in [-0.39, 0.29) is 0 Å². The van der Waals surface area contributed by atoms with Crippen molar-refractivity contribution in [2.45, 2.75) is 48.2 Å². The number of hydrogen-bond acceptors (Lipinski definition) is 10. The van der Waals surface area contributed by atoms with Crippen LogP contribution in [0.5, 0.6) is 0 Å². The van der Waals surface area contributed by atoms with Gasteiger partial charge in [-0.3, -0.25) is 0 Å². The largest absolute Gasteiger partial charge is 0.394 e. The normalized spacial score (nSPS) is 54.8. The maximum Gasteiger partial charge on any atom is 0.222 e. The smallest absolute Gasteiger partial charge is 0.222 e. The first-order valence-corrected chi connectivity index (χ1v) is 6.97. The van der Waals surface area contributed by atoms with Crippen LogP contribution in [0.15, 0.2) is 0 Å². The lowest BCUT2D eigenvalue weighted by atomic mass is 9.99. The van der Waals surface area contributed by atoms with Crippen LogP contribution >= 0.6 is 0 Å². The average Bonchev–Trinajstić information content (AvgIpc) is 2.95. The molecular formula is C12H20O10. The quantitative estimate of drug-likeness (QED) is 0.299. The van der Waals surface area contributed by atoms with Crippen LogP contribution in [0.2, 0.25) is 0 Å². The summed E-state index contributed by atoms with van der Waals surface area (Å²) in [5.41, 5.74) is 0. The van der Waals surface area contributed by atoms with Gasteiger partial charge in [-0.25, -0.2) is 0 Å². The summed E-state index contributed by atoms with van der Waals surface area (Å²) in [6.45, 7) is -2.12. The maximum atomic E-state index is 10.1. The molecule has 0 saturated carbocycles. The van der Waals surface area contributed by atoms with E-state index in [1.165, 1.54) is 0 Å². The number of fused-ring (bicyclic) bond motifs is 1. The van der Waals surface area contributed by atoms with Crippen molar-refractivity contribution in [3.63, 3.8) is 0 Å². The third-order valence-corrected chi connectivity index (χ3v) is 4.41. The van der Waals surface area contributed by atoms with E-state index in [4.69, 9.17) is 24.1 Å². The Morgan fingerprint density at radius 3 is 2.05 bits per heavy atom. The van der Waals surface area contributed by atoms with Crippen LogP contribution in [0.3, 0.4) is 0 Å². The molecule has 0 bridgehead atoms. The molecule has 8 atom stereocenters. The van der Waals surface area contributed by atoms with Gasteiger partial charge in [-0.05, 0) is 0 Å². The van der Waals surface area contributed by atoms with Gasteiger partial charge in [0.15, 0.2) is 0 Å². The molecule has 10 nitrogen and oxygen atoms in total. The summed E-state index contributed by atoms with van der Waals surface area (Å²) < 4.78 is 21.7. The van der Waals surface area contributed by atoms with Gasteiger partial charge in [0.25, 0.3) is 0 Å². The third kappa shape index (κ3) is 2.12. The second kappa shape index (κ2) is 5.60. The van der Waals surface area contributed by atoms with E-state index in [1.54, 1.807) is 0 Å². The Hall–Kier alpha value is -0.400. The summed E-state index contributed by atoms with van der Waals surface area (Å²) in [4.78, 5) is 0. The van der Waals surface area contributed by atoms with Crippen molar-refractivity contribution >= 4 is 0 Å². The highest BCUT2D eigenvalue weighted by atomic mass is 16.8. The molecule has 0 aliphatic carbocycles. The molecule has 0 aromatic rings. The second-order valence-electron chi connectivity index (χ2n) is 5.71. The summed E-state index contributed by atoms with van der Waals surface area (Å²) in [5, 5.41) is 58.0. The summed E-state index contributed by atoms with van der Waals surface area (Å²) in [6.07, 6.45) is -7.62. The zero-order valence-electron chi connectivity index (χ0n) is 11.6. The molecular weight excluding hydrogens is 304 g/mol. The van der Waals surface area contributed by atoms with Crippen LogP contribution < -0.4 is 0 Å². The predicted octanol–water partition coefficient (Wildman–Crippen LogP) is -4.35. The molecule has 0 amide bonds. The molecule has 3 rings (SSSR count). The molecule has 3 fully saturated rings. The fraction of sp³-hybridized carbons (Fsp3) is 1.00. The van der Waals surface area contributed by atoms with Crippen LogP contribution in [0.25, 0.3) is 0 Å². The van der Waals surface area contributed by atoms with E-state index in [0.717, 1.165) is 0 Å². The average molecular weight is 324 g/mol. The monoisotopic (exact) mass is 324 g/mol. The van der Waals surface area contributed by atoms with Crippen molar-refractivity contribution in [1.29, 1.82) is 0 Å². The number of aliphatic hydroxyl groups is 6. The van der Waals surface area contributed by atoms with Gasteiger partial charge in [0.05, 0.1) is 13.2 Å². The minimum atomic E-state index is -1.80. The fourth-order valence-electron chi connectivity index (χ4n) is 3.13. The van der Waals surface area contributed by atoms with Gasteiger partial charge in [0, 0.05) is 0 Å². The molecule has 1 spiro atoms. The van der Waals surface area contributed by atoms with E-state index in [9.17, 15) is 25.5 Å². The molecule has 10 heteroatoms. The molecule has 8 unspecified atom stereocenters. The zero-order chi connectivity index (χ0) is 16.1. The molecule has 3 aliphatic rings. The maximum absolute atomic E-state index is 10.1. The van der Waals surface area contributed by atoms with E-state index < -0.39 is 74.6 Å². The van der Waals surface area contributed by atoms with Crippen molar-refractivity contribution in [3.8, 4) is 0 Å². The standard InChI is InChI=1S/C12H20O10/c13-1-5-7(16)9(18)12(21-5)4-19-11(3-15)10(22-12)8(17)6(2-14)20-11/h5-10,13-18H,1-4H2. The minimum absolute atomic E-state index is 0.399. The first-order chi connectivity index (χ1) is 10.4. The molecule has 3 aliphatic heterocycles. The van der Waals surface area contributed by atoms with Crippen molar-refractivity contribution in [1.82, 2.24) is 0 Å². The van der Waals surface area contributed by atoms with Crippen LogP contribution in [0.4, 0.5) is 0 Å². The third-order valence-electron chi connectivity index (χ3n) is 4.41. The summed E-state index contributed by atoms with van der Waals surface area (Å²) in [7, 11) is 0. The Kier molecular flexibility index (Phi) is 4.19. The van der Waals surface area contributed by atoms with Crippen molar-refractivity contribution in [2.24, 2.45) is 0 Å². The lowest BCUT2D eigenvalue weighted by molar-refractivity contribution is -0.411. The number of ether oxygens (including phenoxy) is 4. The van der Waals surface area contributed by atoms with E-state index in [1.807, 2.05) is 0 Å². The summed E-state index contributed by atoms with van der Waals surface area (Å²) >= 11 is 0. The van der Waals surface area contributed by atoms with Gasteiger partial charge in [-0.1, -0.05) is 0 Å². The van der Waals surface area contributed by atoms with E-state index >= 15 is 0 Å². The van der Waals surface area contributed by atoms with Crippen molar-refractivity contribution < 1.29 is 49.6 Å². The first kappa shape index (κ1) is 16.5. The Labute approximate surface area is 125 Å². The lowest BCUT2D eigenvalue weighted by Crippen LogP contribution is -2.65. The molecule has 0 aromatic heterocycles. The highest BCUT2D eigenvalue weighted by Gasteiger charge is 2.67. The first-order valence-electron chi connectivity index (χ1n) is 6.97. The molecule has 3 heterocycles. The van der Waals surface area contributed by atoms with Crippen LogP contribution in [0, 0.1) is 0 Å². The topological polar surface area (TPSA) is 158 Å². The molecule has 0 aromatic carbocycles. The molecule has 3 saturated heterocycles. The second-order valence-corrected chi connectivity index (χ2v) is 5.71. The Morgan fingerprint density at radius 1 is 0.864 bits per heavy atom. The summed E-state index contributed by atoms with van der Waals surface area (Å²) in [5.74, 6) is -3.49. The van der Waals surface area contributed by atoms with Crippen LogP contribution in [-0.2, 0) is 18.9 Å². The van der Waals surface area contributed by atoms with E-state index in [0.29, 0.717) is 0 Å². The van der Waals surface area contributed by atoms with Gasteiger partial charge in [-0.15, -0.1) is 0 Å². The van der Waals surface area contributed by atoms with Gasteiger partial charge in [0.2, 0.25) is 11.6 Å². The van der Waals surface area contributed by atoms with Crippen LogP contribution in [0.1, 0.15) is 0 Å². The molecule has 6 N–H and O–H groups in total. The number of hydrogen-bond donors (Lipinski definition) is 6. The Morgan fingerprint density at radius 2 is 1.50 bits per heavy atom. The van der Waals surface area contributed by atoms with Crippen molar-refractivity contribution in [3.05, 3.63) is 0 Å². The minimum Gasteiger partial charge on any atom is -0.394 e. The highest BCUT2D eigenvalue weighted by molar-refractivity contribution is 5.06. The Balaban J connectivity index is 1.86. The highest BCUT2D eigenvalue weighted by Crippen LogP contribution is 2.45. The van der Waals surface area contributed by atoms with Gasteiger partial charge in [0.1, 0.15) is 49.8 Å². The van der Waals surface area contributed by atoms with Gasteiger partial charge >= 0.3 is 0 Å². The Bertz CT molecular complexity index is 421. The predicted molar refractivity (Wildman–Crippen MR) is 65.3 cm³/mol. The SMILES string of the molecule is OCC1OC2(COC3(CO)OC(CO)C(O)C3O2)C(O)C1O. The number of aliphatic hydroxyl groups excluding tert-OH is 6. The van der Waals surface area contributed by atoms with E-state index in [2.05, 4.69) is 0 Å². The van der Waals surface area contributed by atoms with Crippen molar-refractivity contribution in [2.75, 3.05) is 26.4 Å². The lowest BCUT2D eigenvalue weighted by Gasteiger charge is -2.46. The van der Waals surface area contributed by atoms with Gasteiger partial charge in [-0.2, -0.15) is 0 Å². The van der Waals surface area contributed by atoms with Gasteiger partial charge < -0.3 is 49.6 Å². The number of rotatable bonds is 3. The fourth-order valence-corrected chi connectivity index (χ4v) is 3.13. The van der Waals surface area contributed by atoms with Crippen LogP contribution in [-0.4, -0.2) is 105 Å². The molecule has 128 valence electrons. The summed E-state index contributed by atoms with van der Waals surface area (Å²) in [6, 6.07) is 0. The zero-order valence-corrected chi connectivity index (χ0v) is 11.6. The molecule has 22 heavy (non-hydrogen) atoms. The molecule has 0 radical (unpaired) electrons.